The molecule has 0 fully saturated rings. The van der Waals surface area contributed by atoms with Gasteiger partial charge in [-0.15, -0.1) is 10.2 Å². The van der Waals surface area contributed by atoms with Gasteiger partial charge >= 0.3 is 0 Å². The van der Waals surface area contributed by atoms with Gasteiger partial charge in [-0.05, 0) is 37.3 Å². The molecule has 29 heavy (non-hydrogen) atoms. The second-order valence-corrected chi connectivity index (χ2v) is 8.24. The minimum absolute atomic E-state index is 0.180. The van der Waals surface area contributed by atoms with E-state index in [0.717, 1.165) is 17.1 Å². The van der Waals surface area contributed by atoms with Crippen LogP contribution in [0.25, 0.3) is 11.4 Å². The summed E-state index contributed by atoms with van der Waals surface area (Å²) in [5.41, 5.74) is 2.59. The molecule has 1 amide bonds. The lowest BCUT2D eigenvalue weighted by Crippen LogP contribution is -2.15. The molecule has 1 heterocycles. The van der Waals surface area contributed by atoms with Crippen molar-refractivity contribution < 1.29 is 4.79 Å². The molecule has 9 heteroatoms. The quantitative estimate of drug-likeness (QED) is 0.510. The van der Waals surface area contributed by atoms with Crippen LogP contribution in [0.15, 0.2) is 47.6 Å². The number of aromatic nitrogens is 3. The number of benzene rings is 2. The Kier molecular flexibility index (Phi) is 7.05. The number of nitrogens with one attached hydrogen (secondary N) is 1. The van der Waals surface area contributed by atoms with Crippen molar-refractivity contribution in [2.24, 2.45) is 0 Å². The predicted octanol–water partition coefficient (Wildman–Crippen LogP) is 5.07. The standard InChI is InChI=1S/C20H21Cl2N5OS/c1-4-27-19(13-6-5-7-15(10-13)26(2)3)24-25-20(27)29-12-18(28)23-17-9-8-14(21)11-16(17)22/h5-11H,4,12H2,1-3H3,(H,23,28). The van der Waals surface area contributed by atoms with Crippen molar-refractivity contribution in [3.8, 4) is 11.4 Å². The number of carbonyl (C=O) groups is 1. The number of thioether (sulfide) groups is 1. The molecule has 0 atom stereocenters. The lowest BCUT2D eigenvalue weighted by atomic mass is 10.2. The van der Waals surface area contributed by atoms with E-state index in [2.05, 4.69) is 21.6 Å². The predicted molar refractivity (Wildman–Crippen MR) is 121 cm³/mol. The van der Waals surface area contributed by atoms with Crippen LogP contribution in [-0.4, -0.2) is 40.5 Å². The smallest absolute Gasteiger partial charge is 0.234 e. The van der Waals surface area contributed by atoms with Crippen LogP contribution in [0.2, 0.25) is 10.0 Å². The van der Waals surface area contributed by atoms with E-state index in [0.29, 0.717) is 27.4 Å². The molecule has 0 bridgehead atoms. The number of anilines is 2. The average molecular weight is 450 g/mol. The summed E-state index contributed by atoms with van der Waals surface area (Å²) in [6, 6.07) is 13.1. The summed E-state index contributed by atoms with van der Waals surface area (Å²) < 4.78 is 2.00. The van der Waals surface area contributed by atoms with Crippen molar-refractivity contribution >= 4 is 52.2 Å². The minimum atomic E-state index is -0.180. The fourth-order valence-corrected chi connectivity index (χ4v) is 3.98. The number of nitrogens with zero attached hydrogens (tertiary/aromatic N) is 4. The van der Waals surface area contributed by atoms with E-state index in [1.54, 1.807) is 18.2 Å². The second-order valence-electron chi connectivity index (χ2n) is 6.46. The van der Waals surface area contributed by atoms with Gasteiger partial charge in [-0.3, -0.25) is 4.79 Å². The second kappa shape index (κ2) is 9.52. The Morgan fingerprint density at radius 3 is 2.66 bits per heavy atom. The van der Waals surface area contributed by atoms with E-state index in [4.69, 9.17) is 23.2 Å². The maximum atomic E-state index is 12.3. The molecule has 0 aliphatic rings. The van der Waals surface area contributed by atoms with Crippen LogP contribution in [0, 0.1) is 0 Å². The van der Waals surface area contributed by atoms with Gasteiger partial charge in [0.2, 0.25) is 5.91 Å². The van der Waals surface area contributed by atoms with Gasteiger partial charge in [-0.2, -0.15) is 0 Å². The molecule has 0 radical (unpaired) electrons. The first-order chi connectivity index (χ1) is 13.9. The zero-order valence-corrected chi connectivity index (χ0v) is 18.6. The summed E-state index contributed by atoms with van der Waals surface area (Å²) >= 11 is 13.3. The lowest BCUT2D eigenvalue weighted by Gasteiger charge is -2.14. The van der Waals surface area contributed by atoms with Crippen LogP contribution >= 0.6 is 35.0 Å². The van der Waals surface area contributed by atoms with E-state index in [1.807, 2.05) is 48.7 Å². The number of hydrogen-bond acceptors (Lipinski definition) is 5. The number of carbonyl (C=O) groups excluding carboxylic acids is 1. The molecular weight excluding hydrogens is 429 g/mol. The molecule has 0 saturated carbocycles. The lowest BCUT2D eigenvalue weighted by molar-refractivity contribution is -0.113. The van der Waals surface area contributed by atoms with Gasteiger partial charge in [0.25, 0.3) is 0 Å². The monoisotopic (exact) mass is 449 g/mol. The Balaban J connectivity index is 1.72. The summed E-state index contributed by atoms with van der Waals surface area (Å²) in [5.74, 6) is 0.787. The zero-order valence-electron chi connectivity index (χ0n) is 16.3. The first-order valence-corrected chi connectivity index (χ1v) is 10.7. The highest BCUT2D eigenvalue weighted by Gasteiger charge is 2.15. The summed E-state index contributed by atoms with van der Waals surface area (Å²) in [4.78, 5) is 14.4. The highest BCUT2D eigenvalue weighted by atomic mass is 35.5. The minimum Gasteiger partial charge on any atom is -0.378 e. The Morgan fingerprint density at radius 2 is 1.97 bits per heavy atom. The van der Waals surface area contributed by atoms with Gasteiger partial charge in [0, 0.05) is 36.9 Å². The highest BCUT2D eigenvalue weighted by molar-refractivity contribution is 7.99. The van der Waals surface area contributed by atoms with Crippen LogP contribution in [0.4, 0.5) is 11.4 Å². The van der Waals surface area contributed by atoms with E-state index in [9.17, 15) is 4.79 Å². The van der Waals surface area contributed by atoms with Crippen LogP contribution in [-0.2, 0) is 11.3 Å². The molecule has 0 aliphatic carbocycles. The fourth-order valence-electron chi connectivity index (χ4n) is 2.72. The van der Waals surface area contributed by atoms with Crippen LogP contribution in [0.5, 0.6) is 0 Å². The first-order valence-electron chi connectivity index (χ1n) is 8.97. The molecule has 0 saturated heterocycles. The summed E-state index contributed by atoms with van der Waals surface area (Å²) in [6.45, 7) is 2.72. The Morgan fingerprint density at radius 1 is 1.17 bits per heavy atom. The van der Waals surface area contributed by atoms with Crippen molar-refractivity contribution in [2.75, 3.05) is 30.1 Å². The molecule has 152 valence electrons. The largest absolute Gasteiger partial charge is 0.378 e. The number of amides is 1. The molecule has 0 unspecified atom stereocenters. The van der Waals surface area contributed by atoms with E-state index < -0.39 is 0 Å². The molecular formula is C20H21Cl2N5OS. The van der Waals surface area contributed by atoms with E-state index in [-0.39, 0.29) is 11.7 Å². The van der Waals surface area contributed by atoms with Crippen molar-refractivity contribution in [1.29, 1.82) is 0 Å². The van der Waals surface area contributed by atoms with E-state index in [1.165, 1.54) is 11.8 Å². The van der Waals surface area contributed by atoms with E-state index >= 15 is 0 Å². The molecule has 0 aliphatic heterocycles. The topological polar surface area (TPSA) is 63.1 Å². The number of halogens is 2. The molecule has 1 aromatic heterocycles. The first kappa shape index (κ1) is 21.5. The summed E-state index contributed by atoms with van der Waals surface area (Å²) in [6.07, 6.45) is 0. The molecule has 6 nitrogen and oxygen atoms in total. The van der Waals surface area contributed by atoms with Crippen molar-refractivity contribution in [3.05, 3.63) is 52.5 Å². The Labute approximate surface area is 184 Å². The maximum Gasteiger partial charge on any atom is 0.234 e. The van der Waals surface area contributed by atoms with Crippen molar-refractivity contribution in [1.82, 2.24) is 14.8 Å². The van der Waals surface area contributed by atoms with Gasteiger partial charge in [0.1, 0.15) is 0 Å². The highest BCUT2D eigenvalue weighted by Crippen LogP contribution is 2.28. The molecule has 3 aromatic rings. The van der Waals surface area contributed by atoms with Crippen molar-refractivity contribution in [3.63, 3.8) is 0 Å². The van der Waals surface area contributed by atoms with Gasteiger partial charge in [0.05, 0.1) is 16.5 Å². The molecule has 1 N–H and O–H groups in total. The van der Waals surface area contributed by atoms with Gasteiger partial charge in [-0.1, -0.05) is 47.1 Å². The van der Waals surface area contributed by atoms with Crippen LogP contribution in [0.3, 0.4) is 0 Å². The fraction of sp³-hybridized carbons (Fsp3) is 0.250. The Hall–Kier alpha value is -2.22. The van der Waals surface area contributed by atoms with Crippen LogP contribution in [0.1, 0.15) is 6.92 Å². The van der Waals surface area contributed by atoms with Gasteiger partial charge in [0.15, 0.2) is 11.0 Å². The molecule has 3 rings (SSSR count). The van der Waals surface area contributed by atoms with Crippen LogP contribution < -0.4 is 10.2 Å². The number of hydrogen-bond donors (Lipinski definition) is 1. The summed E-state index contributed by atoms with van der Waals surface area (Å²) in [7, 11) is 3.99. The van der Waals surface area contributed by atoms with Crippen molar-refractivity contribution in [2.45, 2.75) is 18.6 Å². The Bertz CT molecular complexity index is 1020. The number of rotatable bonds is 7. The third-order valence-electron chi connectivity index (χ3n) is 4.19. The maximum absolute atomic E-state index is 12.3. The average Bonchev–Trinajstić information content (AvgIpc) is 3.11. The van der Waals surface area contributed by atoms with Gasteiger partial charge in [-0.25, -0.2) is 0 Å². The molecule has 2 aromatic carbocycles. The zero-order chi connectivity index (χ0) is 21.0. The SMILES string of the molecule is CCn1c(SCC(=O)Nc2ccc(Cl)cc2Cl)nnc1-c1cccc(N(C)C)c1. The third kappa shape index (κ3) is 5.23. The third-order valence-corrected chi connectivity index (χ3v) is 5.71. The summed E-state index contributed by atoms with van der Waals surface area (Å²) in [5, 5.41) is 13.0. The molecule has 0 spiro atoms. The van der Waals surface area contributed by atoms with Gasteiger partial charge < -0.3 is 14.8 Å². The normalized spacial score (nSPS) is 10.8.